The Labute approximate surface area is 186 Å². The molecule has 2 aromatic carbocycles. The van der Waals surface area contributed by atoms with E-state index in [1.54, 1.807) is 0 Å². The first kappa shape index (κ1) is 21.8. The highest BCUT2D eigenvalue weighted by molar-refractivity contribution is 5.80. The molecule has 2 aliphatic rings. The first-order chi connectivity index (χ1) is 15.3. The summed E-state index contributed by atoms with van der Waals surface area (Å²) >= 11 is 0. The Bertz CT molecular complexity index is 855. The smallest absolute Gasteiger partial charge is 0.194 e. The van der Waals surface area contributed by atoms with Crippen molar-refractivity contribution in [2.75, 3.05) is 39.4 Å². The first-order valence-electron chi connectivity index (χ1n) is 11.6. The highest BCUT2D eigenvalue weighted by atomic mass is 16.5. The SMILES string of the molecule is CCNC(=NCC1CCCOC1c1ccccc1)N1CCOC(c2ccccc2C)C1. The van der Waals surface area contributed by atoms with Gasteiger partial charge >= 0.3 is 0 Å². The number of guanidine groups is 1. The van der Waals surface area contributed by atoms with Crippen LogP contribution >= 0.6 is 0 Å². The van der Waals surface area contributed by atoms with E-state index in [9.17, 15) is 0 Å². The van der Waals surface area contributed by atoms with Gasteiger partial charge in [0.2, 0.25) is 0 Å². The van der Waals surface area contributed by atoms with Crippen LogP contribution in [0.25, 0.3) is 0 Å². The monoisotopic (exact) mass is 421 g/mol. The summed E-state index contributed by atoms with van der Waals surface area (Å²) in [6.45, 7) is 9.14. The van der Waals surface area contributed by atoms with Crippen LogP contribution < -0.4 is 5.32 Å². The van der Waals surface area contributed by atoms with Crippen LogP contribution in [0.4, 0.5) is 0 Å². The van der Waals surface area contributed by atoms with Crippen molar-refractivity contribution in [1.29, 1.82) is 0 Å². The van der Waals surface area contributed by atoms with E-state index in [4.69, 9.17) is 14.5 Å². The number of nitrogens with one attached hydrogen (secondary N) is 1. The molecule has 31 heavy (non-hydrogen) atoms. The minimum absolute atomic E-state index is 0.0777. The molecule has 0 aliphatic carbocycles. The van der Waals surface area contributed by atoms with Gasteiger partial charge in [-0.2, -0.15) is 0 Å². The van der Waals surface area contributed by atoms with Crippen LogP contribution in [0.5, 0.6) is 0 Å². The lowest BCUT2D eigenvalue weighted by molar-refractivity contribution is -0.0255. The largest absolute Gasteiger partial charge is 0.373 e. The van der Waals surface area contributed by atoms with Crippen molar-refractivity contribution in [2.45, 2.75) is 38.9 Å². The fourth-order valence-corrected chi connectivity index (χ4v) is 4.65. The topological polar surface area (TPSA) is 46.1 Å². The van der Waals surface area contributed by atoms with Crippen LogP contribution in [0.15, 0.2) is 59.6 Å². The van der Waals surface area contributed by atoms with Gasteiger partial charge in [0.05, 0.1) is 19.3 Å². The maximum atomic E-state index is 6.18. The van der Waals surface area contributed by atoms with Crippen LogP contribution in [-0.4, -0.2) is 50.3 Å². The quantitative estimate of drug-likeness (QED) is 0.570. The Morgan fingerprint density at radius 3 is 2.68 bits per heavy atom. The number of nitrogens with zero attached hydrogens (tertiary/aromatic N) is 2. The van der Waals surface area contributed by atoms with E-state index < -0.39 is 0 Å². The van der Waals surface area contributed by atoms with Gasteiger partial charge in [-0.25, -0.2) is 0 Å². The van der Waals surface area contributed by atoms with E-state index in [1.807, 2.05) is 0 Å². The van der Waals surface area contributed by atoms with E-state index in [0.29, 0.717) is 12.5 Å². The second kappa shape index (κ2) is 10.8. The van der Waals surface area contributed by atoms with E-state index in [2.05, 4.69) is 78.7 Å². The highest BCUT2D eigenvalue weighted by Gasteiger charge is 2.29. The predicted octanol–water partition coefficient (Wildman–Crippen LogP) is 4.50. The molecule has 0 saturated carbocycles. The van der Waals surface area contributed by atoms with E-state index in [-0.39, 0.29) is 12.2 Å². The molecule has 2 aliphatic heterocycles. The average Bonchev–Trinajstić information content (AvgIpc) is 2.83. The fourth-order valence-electron chi connectivity index (χ4n) is 4.65. The molecule has 0 amide bonds. The standard InChI is InChI=1S/C26H35N3O2/c1-3-27-26(29-15-17-30-24(19-29)23-14-8-7-10-20(23)2)28-18-22-13-9-16-31-25(22)21-11-5-4-6-12-21/h4-8,10-12,14,22,24-25H,3,9,13,15-19H2,1-2H3,(H,27,28). The normalized spacial score (nSPS) is 24.8. The van der Waals surface area contributed by atoms with Crippen LogP contribution in [0.3, 0.4) is 0 Å². The maximum absolute atomic E-state index is 6.18. The molecule has 5 heteroatoms. The van der Waals surface area contributed by atoms with Crippen molar-refractivity contribution in [1.82, 2.24) is 10.2 Å². The molecule has 0 aromatic heterocycles. The molecular weight excluding hydrogens is 386 g/mol. The summed E-state index contributed by atoms with van der Waals surface area (Å²) in [5.74, 6) is 1.39. The Kier molecular flexibility index (Phi) is 7.60. The zero-order chi connectivity index (χ0) is 21.5. The van der Waals surface area contributed by atoms with Gasteiger partial charge in [-0.3, -0.25) is 4.99 Å². The summed E-state index contributed by atoms with van der Waals surface area (Å²) in [6.07, 6.45) is 2.46. The molecule has 0 radical (unpaired) electrons. The number of hydrogen-bond acceptors (Lipinski definition) is 3. The molecule has 2 saturated heterocycles. The molecule has 2 heterocycles. The van der Waals surface area contributed by atoms with Gasteiger partial charge in [0.1, 0.15) is 6.10 Å². The van der Waals surface area contributed by atoms with Crippen molar-refractivity contribution in [2.24, 2.45) is 10.9 Å². The molecule has 2 fully saturated rings. The number of ether oxygens (including phenoxy) is 2. The Morgan fingerprint density at radius 1 is 1.06 bits per heavy atom. The lowest BCUT2D eigenvalue weighted by atomic mass is 9.89. The third kappa shape index (κ3) is 5.46. The van der Waals surface area contributed by atoms with Gasteiger partial charge in [0.25, 0.3) is 0 Å². The van der Waals surface area contributed by atoms with Gasteiger partial charge in [-0.05, 0) is 43.4 Å². The number of morpholine rings is 1. The second-order valence-corrected chi connectivity index (χ2v) is 8.46. The molecule has 0 bridgehead atoms. The molecule has 3 unspecified atom stereocenters. The Morgan fingerprint density at radius 2 is 1.87 bits per heavy atom. The third-order valence-electron chi connectivity index (χ3n) is 6.28. The van der Waals surface area contributed by atoms with E-state index in [0.717, 1.165) is 51.6 Å². The van der Waals surface area contributed by atoms with E-state index >= 15 is 0 Å². The molecule has 166 valence electrons. The zero-order valence-corrected chi connectivity index (χ0v) is 18.8. The van der Waals surface area contributed by atoms with Crippen molar-refractivity contribution < 1.29 is 9.47 Å². The summed E-state index contributed by atoms with van der Waals surface area (Å²) in [4.78, 5) is 7.44. The van der Waals surface area contributed by atoms with Crippen LogP contribution in [0, 0.1) is 12.8 Å². The summed E-state index contributed by atoms with van der Waals surface area (Å²) in [7, 11) is 0. The summed E-state index contributed by atoms with van der Waals surface area (Å²) in [5, 5.41) is 3.51. The number of hydrogen-bond donors (Lipinski definition) is 1. The molecule has 1 N–H and O–H groups in total. The van der Waals surface area contributed by atoms with E-state index in [1.165, 1.54) is 16.7 Å². The highest BCUT2D eigenvalue weighted by Crippen LogP contribution is 2.34. The Hall–Kier alpha value is -2.37. The number of aryl methyl sites for hydroxylation is 1. The maximum Gasteiger partial charge on any atom is 0.194 e. The van der Waals surface area contributed by atoms with Gasteiger partial charge < -0.3 is 19.7 Å². The van der Waals surface area contributed by atoms with Crippen LogP contribution in [0.1, 0.15) is 48.7 Å². The van der Waals surface area contributed by atoms with Crippen molar-refractivity contribution in [3.63, 3.8) is 0 Å². The molecule has 3 atom stereocenters. The Balaban J connectivity index is 1.48. The zero-order valence-electron chi connectivity index (χ0n) is 18.8. The van der Waals surface area contributed by atoms with Crippen molar-refractivity contribution >= 4 is 5.96 Å². The first-order valence-corrected chi connectivity index (χ1v) is 11.6. The lowest BCUT2D eigenvalue weighted by Gasteiger charge is -2.36. The van der Waals surface area contributed by atoms with Gasteiger partial charge in [-0.15, -0.1) is 0 Å². The minimum atomic E-state index is 0.0777. The number of rotatable bonds is 5. The predicted molar refractivity (Wildman–Crippen MR) is 125 cm³/mol. The molecule has 4 rings (SSSR count). The third-order valence-corrected chi connectivity index (χ3v) is 6.28. The van der Waals surface area contributed by atoms with Gasteiger partial charge in [0.15, 0.2) is 5.96 Å². The van der Waals surface area contributed by atoms with Gasteiger partial charge in [0, 0.05) is 32.2 Å². The number of benzene rings is 2. The number of aliphatic imine (C=N–C) groups is 1. The average molecular weight is 422 g/mol. The minimum Gasteiger partial charge on any atom is -0.373 e. The molecule has 5 nitrogen and oxygen atoms in total. The fraction of sp³-hybridized carbons (Fsp3) is 0.500. The van der Waals surface area contributed by atoms with Gasteiger partial charge in [-0.1, -0.05) is 54.6 Å². The molecular formula is C26H35N3O2. The lowest BCUT2D eigenvalue weighted by Crippen LogP contribution is -2.48. The van der Waals surface area contributed by atoms with Crippen molar-refractivity contribution in [3.8, 4) is 0 Å². The molecule has 0 spiro atoms. The summed E-state index contributed by atoms with van der Waals surface area (Å²) < 4.78 is 12.3. The summed E-state index contributed by atoms with van der Waals surface area (Å²) in [5.41, 5.74) is 3.81. The summed E-state index contributed by atoms with van der Waals surface area (Å²) in [6, 6.07) is 19.1. The second-order valence-electron chi connectivity index (χ2n) is 8.46. The molecule has 2 aromatic rings. The van der Waals surface area contributed by atoms with Crippen LogP contribution in [0.2, 0.25) is 0 Å². The van der Waals surface area contributed by atoms with Crippen molar-refractivity contribution in [3.05, 3.63) is 71.3 Å². The van der Waals surface area contributed by atoms with Crippen LogP contribution in [-0.2, 0) is 9.47 Å².